The summed E-state index contributed by atoms with van der Waals surface area (Å²) in [7, 11) is 0. The molecule has 1 aromatic rings. The van der Waals surface area contributed by atoms with Crippen LogP contribution >= 0.6 is 0 Å². The molecular weight excluding hydrogens is 154 g/mol. The lowest BCUT2D eigenvalue weighted by Crippen LogP contribution is -2.22. The Morgan fingerprint density at radius 1 is 1.75 bits per heavy atom. The molecule has 62 valence electrons. The summed E-state index contributed by atoms with van der Waals surface area (Å²) in [4.78, 5) is 15.1. The van der Waals surface area contributed by atoms with Crippen LogP contribution < -0.4 is 5.56 Å². The Kier molecular flexibility index (Phi) is 2.59. The standard InChI is InChI=1S/C8H9N3O/c1-2-3-11-6-10-5-7(4-9)8(11)12/h5-6H,2-3H2,1H3. The lowest BCUT2D eigenvalue weighted by Gasteiger charge is -2.00. The van der Waals surface area contributed by atoms with Gasteiger partial charge in [-0.05, 0) is 6.42 Å². The van der Waals surface area contributed by atoms with Crippen LogP contribution in [0.15, 0.2) is 17.3 Å². The fraction of sp³-hybridized carbons (Fsp3) is 0.375. The van der Waals surface area contributed by atoms with Gasteiger partial charge in [0.2, 0.25) is 0 Å². The summed E-state index contributed by atoms with van der Waals surface area (Å²) < 4.78 is 1.44. The predicted octanol–water partition coefficient (Wildman–Crippen LogP) is 0.525. The van der Waals surface area contributed by atoms with Crippen LogP contribution in [0.1, 0.15) is 18.9 Å². The Morgan fingerprint density at radius 2 is 2.50 bits per heavy atom. The highest BCUT2D eigenvalue weighted by Gasteiger charge is 2.00. The Hall–Kier alpha value is -1.63. The minimum Gasteiger partial charge on any atom is -0.298 e. The summed E-state index contributed by atoms with van der Waals surface area (Å²) in [5.74, 6) is 0. The van der Waals surface area contributed by atoms with E-state index in [9.17, 15) is 4.79 Å². The van der Waals surface area contributed by atoms with Crippen molar-refractivity contribution in [2.24, 2.45) is 0 Å². The van der Waals surface area contributed by atoms with Crippen LogP contribution in [0.3, 0.4) is 0 Å². The molecule has 4 heteroatoms. The molecule has 0 aliphatic heterocycles. The lowest BCUT2D eigenvalue weighted by molar-refractivity contribution is 0.638. The minimum absolute atomic E-state index is 0.103. The fourth-order valence-corrected chi connectivity index (χ4v) is 0.928. The second-order valence-electron chi connectivity index (χ2n) is 2.42. The number of nitrogens with zero attached hydrogens (tertiary/aromatic N) is 3. The monoisotopic (exact) mass is 163 g/mol. The number of hydrogen-bond acceptors (Lipinski definition) is 3. The van der Waals surface area contributed by atoms with E-state index in [1.807, 2.05) is 6.92 Å². The lowest BCUT2D eigenvalue weighted by atomic mass is 10.3. The second-order valence-corrected chi connectivity index (χ2v) is 2.42. The van der Waals surface area contributed by atoms with E-state index in [4.69, 9.17) is 5.26 Å². The molecule has 0 bridgehead atoms. The first-order valence-electron chi connectivity index (χ1n) is 3.74. The highest BCUT2D eigenvalue weighted by atomic mass is 16.1. The Labute approximate surface area is 70.1 Å². The molecule has 1 aromatic heterocycles. The van der Waals surface area contributed by atoms with Crippen molar-refractivity contribution >= 4 is 0 Å². The number of aromatic nitrogens is 2. The zero-order valence-electron chi connectivity index (χ0n) is 6.82. The van der Waals surface area contributed by atoms with Gasteiger partial charge in [0.25, 0.3) is 5.56 Å². The summed E-state index contributed by atoms with van der Waals surface area (Å²) >= 11 is 0. The normalized spacial score (nSPS) is 9.33. The molecule has 0 aliphatic carbocycles. The zero-order chi connectivity index (χ0) is 8.97. The van der Waals surface area contributed by atoms with Crippen molar-refractivity contribution < 1.29 is 0 Å². The molecule has 0 aromatic carbocycles. The molecule has 0 saturated heterocycles. The Balaban J connectivity index is 3.17. The maximum absolute atomic E-state index is 11.3. The highest BCUT2D eigenvalue weighted by Crippen LogP contribution is 1.87. The van der Waals surface area contributed by atoms with Gasteiger partial charge in [-0.15, -0.1) is 0 Å². The van der Waals surface area contributed by atoms with E-state index < -0.39 is 0 Å². The van der Waals surface area contributed by atoms with Gasteiger partial charge in [0.15, 0.2) is 0 Å². The minimum atomic E-state index is -0.255. The van der Waals surface area contributed by atoms with Crippen molar-refractivity contribution in [3.05, 3.63) is 28.4 Å². The van der Waals surface area contributed by atoms with E-state index in [-0.39, 0.29) is 11.1 Å². The van der Waals surface area contributed by atoms with Gasteiger partial charge in [0, 0.05) is 6.54 Å². The van der Waals surface area contributed by atoms with Crippen LogP contribution in [0, 0.1) is 11.3 Å². The van der Waals surface area contributed by atoms with Gasteiger partial charge in [-0.2, -0.15) is 5.26 Å². The molecule has 0 atom stereocenters. The van der Waals surface area contributed by atoms with E-state index in [1.165, 1.54) is 17.1 Å². The molecule has 0 radical (unpaired) electrons. The van der Waals surface area contributed by atoms with Crippen LogP contribution in [0.2, 0.25) is 0 Å². The zero-order valence-corrected chi connectivity index (χ0v) is 6.82. The Bertz CT molecular complexity index is 361. The summed E-state index contributed by atoms with van der Waals surface area (Å²) in [5, 5.41) is 8.51. The maximum Gasteiger partial charge on any atom is 0.271 e. The van der Waals surface area contributed by atoms with Gasteiger partial charge in [0.05, 0.1) is 12.5 Å². The molecule has 4 nitrogen and oxygen atoms in total. The molecule has 0 spiro atoms. The van der Waals surface area contributed by atoms with Crippen molar-refractivity contribution in [2.75, 3.05) is 0 Å². The molecular formula is C8H9N3O. The molecule has 0 saturated carbocycles. The first-order chi connectivity index (χ1) is 5.79. The molecule has 0 N–H and O–H groups in total. The molecule has 1 rings (SSSR count). The third-order valence-corrected chi connectivity index (χ3v) is 1.49. The van der Waals surface area contributed by atoms with Gasteiger partial charge < -0.3 is 0 Å². The molecule has 0 fully saturated rings. The number of rotatable bonds is 2. The molecule has 0 amide bonds. The van der Waals surface area contributed by atoms with Crippen LogP contribution in [0.4, 0.5) is 0 Å². The largest absolute Gasteiger partial charge is 0.298 e. The van der Waals surface area contributed by atoms with Crippen LogP contribution in [-0.2, 0) is 6.54 Å². The number of aryl methyl sites for hydroxylation is 1. The van der Waals surface area contributed by atoms with E-state index >= 15 is 0 Å². The fourth-order valence-electron chi connectivity index (χ4n) is 0.928. The molecule has 1 heterocycles. The van der Waals surface area contributed by atoms with Gasteiger partial charge in [-0.25, -0.2) is 4.98 Å². The average molecular weight is 163 g/mol. The first kappa shape index (κ1) is 8.47. The third-order valence-electron chi connectivity index (χ3n) is 1.49. The maximum atomic E-state index is 11.3. The second kappa shape index (κ2) is 3.67. The predicted molar refractivity (Wildman–Crippen MR) is 43.5 cm³/mol. The smallest absolute Gasteiger partial charge is 0.271 e. The van der Waals surface area contributed by atoms with Gasteiger partial charge in [-0.3, -0.25) is 9.36 Å². The van der Waals surface area contributed by atoms with Gasteiger partial charge in [0.1, 0.15) is 11.6 Å². The van der Waals surface area contributed by atoms with Crippen molar-refractivity contribution in [1.29, 1.82) is 5.26 Å². The summed E-state index contributed by atoms with van der Waals surface area (Å²) in [6.07, 6.45) is 3.59. The van der Waals surface area contributed by atoms with Crippen LogP contribution in [-0.4, -0.2) is 9.55 Å². The van der Waals surface area contributed by atoms with Crippen LogP contribution in [0.25, 0.3) is 0 Å². The summed E-state index contributed by atoms with van der Waals surface area (Å²) in [6, 6.07) is 1.80. The average Bonchev–Trinajstić information content (AvgIpc) is 2.09. The highest BCUT2D eigenvalue weighted by molar-refractivity contribution is 5.21. The number of hydrogen-bond donors (Lipinski definition) is 0. The molecule has 12 heavy (non-hydrogen) atoms. The molecule has 0 aliphatic rings. The van der Waals surface area contributed by atoms with Crippen LogP contribution in [0.5, 0.6) is 0 Å². The third kappa shape index (κ3) is 1.51. The number of nitriles is 1. The first-order valence-corrected chi connectivity index (χ1v) is 3.74. The van der Waals surface area contributed by atoms with Crippen molar-refractivity contribution in [1.82, 2.24) is 9.55 Å². The van der Waals surface area contributed by atoms with Gasteiger partial charge in [-0.1, -0.05) is 6.92 Å². The van der Waals surface area contributed by atoms with E-state index in [1.54, 1.807) is 6.07 Å². The van der Waals surface area contributed by atoms with Crippen molar-refractivity contribution in [3.8, 4) is 6.07 Å². The van der Waals surface area contributed by atoms with Crippen molar-refractivity contribution in [3.63, 3.8) is 0 Å². The van der Waals surface area contributed by atoms with E-state index in [0.29, 0.717) is 6.54 Å². The summed E-state index contributed by atoms with van der Waals surface area (Å²) in [5.41, 5.74) is -0.152. The van der Waals surface area contributed by atoms with Gasteiger partial charge >= 0.3 is 0 Å². The van der Waals surface area contributed by atoms with Crippen molar-refractivity contribution in [2.45, 2.75) is 19.9 Å². The topological polar surface area (TPSA) is 58.7 Å². The SMILES string of the molecule is CCCn1cncc(C#N)c1=O. The molecule has 0 unspecified atom stereocenters. The van der Waals surface area contributed by atoms with E-state index in [0.717, 1.165) is 6.42 Å². The summed E-state index contributed by atoms with van der Waals surface area (Å²) in [6.45, 7) is 2.58. The van der Waals surface area contributed by atoms with E-state index in [2.05, 4.69) is 4.98 Å². The Morgan fingerprint density at radius 3 is 3.08 bits per heavy atom. The quantitative estimate of drug-likeness (QED) is 0.638.